The number of ether oxygens (including phenoxy) is 2. The van der Waals surface area contributed by atoms with Crippen LogP contribution in [0.15, 0.2) is 24.3 Å². The molecule has 1 rings (SSSR count). The van der Waals surface area contributed by atoms with Crippen molar-refractivity contribution < 1.29 is 19.1 Å². The van der Waals surface area contributed by atoms with E-state index in [1.54, 1.807) is 24.3 Å². The lowest BCUT2D eigenvalue weighted by atomic mass is 10.0. The van der Waals surface area contributed by atoms with Gasteiger partial charge in [-0.25, -0.2) is 9.59 Å². The first-order valence-corrected chi connectivity index (χ1v) is 19.8. The second-order valence-electron chi connectivity index (χ2n) is 14.7. The first-order chi connectivity index (χ1) is 22.4. The molecule has 4 nitrogen and oxygen atoms in total. The van der Waals surface area contributed by atoms with E-state index in [1.165, 1.54) is 141 Å². The topological polar surface area (TPSA) is 52.6 Å². The third-order valence-electron chi connectivity index (χ3n) is 9.18. The van der Waals surface area contributed by atoms with Crippen LogP contribution in [-0.4, -0.2) is 25.2 Å². The molecule has 4 heteroatoms. The predicted octanol–water partition coefficient (Wildman–Crippen LogP) is 13.5. The molecule has 0 unspecified atom stereocenters. The Hall–Kier alpha value is -1.84. The third kappa shape index (κ3) is 25.3. The monoisotopic (exact) mass is 643 g/mol. The summed E-state index contributed by atoms with van der Waals surface area (Å²) < 4.78 is 11.0. The molecule has 0 fully saturated rings. The molecule has 0 saturated heterocycles. The predicted molar refractivity (Wildman–Crippen MR) is 197 cm³/mol. The molecule has 0 saturated carbocycles. The second-order valence-corrected chi connectivity index (χ2v) is 14.7. The van der Waals surface area contributed by atoms with Crippen molar-refractivity contribution in [2.45, 2.75) is 195 Å². The summed E-state index contributed by atoms with van der Waals surface area (Å²) in [5.41, 5.74) is 0.617. The van der Waals surface area contributed by atoms with E-state index in [0.717, 1.165) is 37.5 Å². The van der Waals surface area contributed by atoms with Crippen molar-refractivity contribution in [1.82, 2.24) is 0 Å². The van der Waals surface area contributed by atoms with Gasteiger partial charge in [-0.05, 0) is 36.8 Å². The van der Waals surface area contributed by atoms with Crippen molar-refractivity contribution in [3.8, 4) is 0 Å². The lowest BCUT2D eigenvalue weighted by Gasteiger charge is -2.10. The molecule has 0 atom stereocenters. The van der Waals surface area contributed by atoms with Crippen LogP contribution >= 0.6 is 0 Å². The minimum Gasteiger partial charge on any atom is -0.462 e. The van der Waals surface area contributed by atoms with E-state index in [1.807, 2.05) is 0 Å². The van der Waals surface area contributed by atoms with Crippen molar-refractivity contribution in [2.75, 3.05) is 13.2 Å². The van der Waals surface area contributed by atoms with Crippen LogP contribution in [0.3, 0.4) is 0 Å². The number of carbonyl (C=O) groups excluding carboxylic acids is 2. The van der Waals surface area contributed by atoms with E-state index in [2.05, 4.69) is 27.7 Å². The zero-order valence-electron chi connectivity index (χ0n) is 30.9. The van der Waals surface area contributed by atoms with Gasteiger partial charge in [0.1, 0.15) is 0 Å². The molecule has 46 heavy (non-hydrogen) atoms. The molecule has 0 radical (unpaired) electrons. The fourth-order valence-electron chi connectivity index (χ4n) is 6.17. The first-order valence-electron chi connectivity index (χ1n) is 19.8. The SMILES string of the molecule is CC(C)CCCCCCCCCCCCCCOC(=O)c1ccccc1C(=O)OCCCCCCCCCCCCCCC(C)C. The van der Waals surface area contributed by atoms with Gasteiger partial charge in [0.2, 0.25) is 0 Å². The summed E-state index contributed by atoms with van der Waals surface area (Å²) in [4.78, 5) is 25.4. The van der Waals surface area contributed by atoms with E-state index in [9.17, 15) is 9.59 Å². The molecule has 0 aliphatic carbocycles. The lowest BCUT2D eigenvalue weighted by molar-refractivity contribution is 0.0450. The van der Waals surface area contributed by atoms with Crippen molar-refractivity contribution in [3.05, 3.63) is 35.4 Å². The van der Waals surface area contributed by atoms with Crippen LogP contribution in [0.25, 0.3) is 0 Å². The Labute approximate surface area is 285 Å². The lowest BCUT2D eigenvalue weighted by Crippen LogP contribution is -2.15. The van der Waals surface area contributed by atoms with Crippen LogP contribution < -0.4 is 0 Å². The molecule has 1 aromatic carbocycles. The van der Waals surface area contributed by atoms with Crippen LogP contribution in [-0.2, 0) is 9.47 Å². The molecular weight excluding hydrogens is 568 g/mol. The summed E-state index contributed by atoms with van der Waals surface area (Å²) in [5.74, 6) is 0.834. The molecule has 266 valence electrons. The van der Waals surface area contributed by atoms with Gasteiger partial charge in [0.25, 0.3) is 0 Å². The van der Waals surface area contributed by atoms with Crippen LogP contribution in [0.4, 0.5) is 0 Å². The molecule has 0 aromatic heterocycles. The summed E-state index contributed by atoms with van der Waals surface area (Å²) in [7, 11) is 0. The highest BCUT2D eigenvalue weighted by atomic mass is 16.5. The van der Waals surface area contributed by atoms with Gasteiger partial charge in [-0.1, -0.05) is 194 Å². The molecule has 0 aliphatic heterocycles. The molecule has 0 bridgehead atoms. The highest BCUT2D eigenvalue weighted by Gasteiger charge is 2.18. The second kappa shape index (κ2) is 30.5. The third-order valence-corrected chi connectivity index (χ3v) is 9.18. The molecule has 0 N–H and O–H groups in total. The fourth-order valence-corrected chi connectivity index (χ4v) is 6.17. The molecular formula is C42H74O4. The Morgan fingerprint density at radius 1 is 0.413 bits per heavy atom. The Balaban J connectivity index is 2.02. The Bertz CT molecular complexity index is 777. The Kier molecular flexibility index (Phi) is 28.0. The van der Waals surface area contributed by atoms with E-state index in [-0.39, 0.29) is 0 Å². The number of carbonyl (C=O) groups is 2. The van der Waals surface area contributed by atoms with E-state index in [0.29, 0.717) is 24.3 Å². The highest BCUT2D eigenvalue weighted by molar-refractivity contribution is 6.03. The van der Waals surface area contributed by atoms with Gasteiger partial charge in [0.15, 0.2) is 0 Å². The highest BCUT2D eigenvalue weighted by Crippen LogP contribution is 2.17. The fraction of sp³-hybridized carbons (Fsp3) is 0.810. The summed E-state index contributed by atoms with van der Waals surface area (Å²) >= 11 is 0. The van der Waals surface area contributed by atoms with Crippen LogP contribution in [0.2, 0.25) is 0 Å². The summed E-state index contributed by atoms with van der Waals surface area (Å²) in [6, 6.07) is 6.87. The maximum Gasteiger partial charge on any atom is 0.339 e. The number of hydrogen-bond donors (Lipinski definition) is 0. The average Bonchev–Trinajstić information content (AvgIpc) is 3.04. The molecule has 0 aliphatic rings. The number of unbranched alkanes of at least 4 members (excludes halogenated alkanes) is 22. The van der Waals surface area contributed by atoms with Gasteiger partial charge in [0, 0.05) is 0 Å². The van der Waals surface area contributed by atoms with E-state index < -0.39 is 11.9 Å². The van der Waals surface area contributed by atoms with Gasteiger partial charge < -0.3 is 9.47 Å². The first kappa shape index (κ1) is 42.2. The van der Waals surface area contributed by atoms with Gasteiger partial charge in [-0.3, -0.25) is 0 Å². The summed E-state index contributed by atoms with van der Waals surface area (Å²) in [5, 5.41) is 0. The van der Waals surface area contributed by atoms with Crippen molar-refractivity contribution in [3.63, 3.8) is 0 Å². The maximum absolute atomic E-state index is 12.7. The number of benzene rings is 1. The zero-order chi connectivity index (χ0) is 33.5. The minimum atomic E-state index is -0.428. The van der Waals surface area contributed by atoms with Gasteiger partial charge in [-0.15, -0.1) is 0 Å². The average molecular weight is 643 g/mol. The van der Waals surface area contributed by atoms with Crippen molar-refractivity contribution in [2.24, 2.45) is 11.8 Å². The largest absolute Gasteiger partial charge is 0.462 e. The van der Waals surface area contributed by atoms with Crippen LogP contribution in [0, 0.1) is 11.8 Å². The van der Waals surface area contributed by atoms with Gasteiger partial charge in [-0.2, -0.15) is 0 Å². The molecule has 0 amide bonds. The number of esters is 2. The Morgan fingerprint density at radius 2 is 0.652 bits per heavy atom. The Morgan fingerprint density at radius 3 is 0.913 bits per heavy atom. The van der Waals surface area contributed by atoms with E-state index in [4.69, 9.17) is 9.47 Å². The molecule has 1 aromatic rings. The smallest absolute Gasteiger partial charge is 0.339 e. The standard InChI is InChI=1S/C42H74O4/c1-37(2)31-25-21-17-13-9-5-7-11-15-19-23-29-35-45-41(43)39-33-27-28-34-40(39)42(44)46-36-30-24-20-16-12-8-6-10-14-18-22-26-32-38(3)4/h27-28,33-34,37-38H,5-26,29-32,35-36H2,1-4H3. The quantitative estimate of drug-likeness (QED) is 0.0579. The number of rotatable bonds is 32. The minimum absolute atomic E-state index is 0.308. The zero-order valence-corrected chi connectivity index (χ0v) is 30.9. The van der Waals surface area contributed by atoms with E-state index >= 15 is 0 Å². The normalized spacial score (nSPS) is 11.4. The van der Waals surface area contributed by atoms with Gasteiger partial charge >= 0.3 is 11.9 Å². The van der Waals surface area contributed by atoms with Crippen molar-refractivity contribution >= 4 is 11.9 Å². The summed E-state index contributed by atoms with van der Waals surface area (Å²) in [6.07, 6.45) is 33.5. The number of hydrogen-bond acceptors (Lipinski definition) is 4. The maximum atomic E-state index is 12.7. The van der Waals surface area contributed by atoms with Crippen LogP contribution in [0.1, 0.15) is 215 Å². The molecule has 0 heterocycles. The summed E-state index contributed by atoms with van der Waals surface area (Å²) in [6.45, 7) is 10.1. The molecule has 0 spiro atoms. The van der Waals surface area contributed by atoms with Crippen LogP contribution in [0.5, 0.6) is 0 Å². The van der Waals surface area contributed by atoms with Crippen molar-refractivity contribution in [1.29, 1.82) is 0 Å². The van der Waals surface area contributed by atoms with Gasteiger partial charge in [0.05, 0.1) is 24.3 Å².